The Kier molecular flexibility index (Phi) is 8.11. The number of carboxylic acids is 1. The van der Waals surface area contributed by atoms with Gasteiger partial charge in [0.05, 0.1) is 29.7 Å². The van der Waals surface area contributed by atoms with Gasteiger partial charge in [-0.15, -0.1) is 0 Å². The van der Waals surface area contributed by atoms with E-state index in [0.717, 1.165) is 11.1 Å². The Morgan fingerprint density at radius 3 is 2.21 bits per heavy atom. The van der Waals surface area contributed by atoms with Crippen LogP contribution in [0, 0.1) is 6.92 Å². The highest BCUT2D eigenvalue weighted by atomic mass is 16.5. The summed E-state index contributed by atoms with van der Waals surface area (Å²) in [4.78, 5) is 39.4. The minimum atomic E-state index is -0.874. The highest BCUT2D eigenvalue weighted by molar-refractivity contribution is 6.11. The highest BCUT2D eigenvalue weighted by Gasteiger charge is 2.33. The molecule has 0 spiro atoms. The number of allylic oxidation sites excluding steroid dienone is 2. The number of nitrogens with one attached hydrogen (secondary N) is 1. The summed E-state index contributed by atoms with van der Waals surface area (Å²) in [6.07, 6.45) is 2.62. The number of amides is 2. The van der Waals surface area contributed by atoms with E-state index in [-0.39, 0.29) is 13.0 Å². The molecular weight excluding hydrogens is 484 g/mol. The van der Waals surface area contributed by atoms with E-state index >= 15 is 0 Å². The maximum absolute atomic E-state index is 13.9. The number of carbonyl (C=O) groups excluding carboxylic acids is 2. The van der Waals surface area contributed by atoms with E-state index in [1.165, 1.54) is 4.90 Å². The predicted molar refractivity (Wildman–Crippen MR) is 145 cm³/mol. The number of urea groups is 1. The van der Waals surface area contributed by atoms with Crippen LogP contribution >= 0.6 is 0 Å². The SMILES string of the molecule is COc1c(C)c2c(c(NC(=O)N(c3ccccc3)c3ccccc3)c1CC=C(C)CCC(=O)O)C(=O)OC2. The predicted octanol–water partition coefficient (Wildman–Crippen LogP) is 6.40. The van der Waals surface area contributed by atoms with Gasteiger partial charge in [-0.25, -0.2) is 9.59 Å². The number of esters is 1. The number of nitrogens with zero attached hydrogens (tertiary/aromatic N) is 1. The molecule has 38 heavy (non-hydrogen) atoms. The molecule has 3 aromatic rings. The number of hydrogen-bond donors (Lipinski definition) is 2. The Labute approximate surface area is 221 Å². The van der Waals surface area contributed by atoms with E-state index in [4.69, 9.17) is 14.6 Å². The molecule has 8 heteroatoms. The Bertz CT molecular complexity index is 1340. The second-order valence-corrected chi connectivity index (χ2v) is 9.03. The molecule has 0 aromatic heterocycles. The summed E-state index contributed by atoms with van der Waals surface area (Å²) in [5.41, 5.74) is 4.87. The Hall–Kier alpha value is -4.59. The lowest BCUT2D eigenvalue weighted by atomic mass is 9.93. The number of carbonyl (C=O) groups is 3. The third kappa shape index (κ3) is 5.54. The van der Waals surface area contributed by atoms with Crippen molar-refractivity contribution in [2.75, 3.05) is 17.3 Å². The van der Waals surface area contributed by atoms with Crippen molar-refractivity contribution in [1.82, 2.24) is 0 Å². The fourth-order valence-electron chi connectivity index (χ4n) is 4.57. The van der Waals surface area contributed by atoms with Gasteiger partial charge in [-0.2, -0.15) is 0 Å². The number of cyclic esters (lactones) is 1. The van der Waals surface area contributed by atoms with Crippen LogP contribution in [0.1, 0.15) is 46.8 Å². The maximum Gasteiger partial charge on any atom is 0.341 e. The number of hydrogen-bond acceptors (Lipinski definition) is 5. The summed E-state index contributed by atoms with van der Waals surface area (Å²) in [6, 6.07) is 18.0. The van der Waals surface area contributed by atoms with Crippen LogP contribution in [-0.2, 0) is 22.6 Å². The van der Waals surface area contributed by atoms with Crippen LogP contribution in [-0.4, -0.2) is 30.2 Å². The molecular formula is C30H30N2O6. The van der Waals surface area contributed by atoms with Crippen LogP contribution < -0.4 is 15.0 Å². The fourth-order valence-corrected chi connectivity index (χ4v) is 4.57. The number of rotatable bonds is 9. The summed E-state index contributed by atoms with van der Waals surface area (Å²) in [7, 11) is 1.54. The normalized spacial score (nSPS) is 12.5. The van der Waals surface area contributed by atoms with E-state index in [9.17, 15) is 14.4 Å². The smallest absolute Gasteiger partial charge is 0.341 e. The zero-order valence-corrected chi connectivity index (χ0v) is 21.6. The van der Waals surface area contributed by atoms with E-state index in [2.05, 4.69) is 5.32 Å². The van der Waals surface area contributed by atoms with Gasteiger partial charge in [0, 0.05) is 17.5 Å². The van der Waals surface area contributed by atoms with Crippen LogP contribution in [0.5, 0.6) is 5.75 Å². The quantitative estimate of drug-likeness (QED) is 0.253. The minimum Gasteiger partial charge on any atom is -0.496 e. The average Bonchev–Trinajstić information content (AvgIpc) is 3.31. The molecule has 8 nitrogen and oxygen atoms in total. The number of carboxylic acid groups (broad SMARTS) is 1. The van der Waals surface area contributed by atoms with Gasteiger partial charge in [0.15, 0.2) is 0 Å². The number of fused-ring (bicyclic) bond motifs is 1. The molecule has 1 aliphatic rings. The first-order valence-electron chi connectivity index (χ1n) is 12.3. The molecule has 0 saturated carbocycles. The Balaban J connectivity index is 1.81. The van der Waals surface area contributed by atoms with Crippen LogP contribution in [0.2, 0.25) is 0 Å². The van der Waals surface area contributed by atoms with Gasteiger partial charge in [0.25, 0.3) is 0 Å². The second-order valence-electron chi connectivity index (χ2n) is 9.03. The van der Waals surface area contributed by atoms with Crippen LogP contribution in [0.15, 0.2) is 72.3 Å². The van der Waals surface area contributed by atoms with E-state index in [1.54, 1.807) is 7.11 Å². The third-order valence-electron chi connectivity index (χ3n) is 6.53. The molecule has 2 amide bonds. The molecule has 196 valence electrons. The lowest BCUT2D eigenvalue weighted by molar-refractivity contribution is -0.136. The Morgan fingerprint density at radius 2 is 1.66 bits per heavy atom. The van der Waals surface area contributed by atoms with Gasteiger partial charge in [0.1, 0.15) is 12.4 Å². The first kappa shape index (κ1) is 26.5. The van der Waals surface area contributed by atoms with Crippen molar-refractivity contribution in [1.29, 1.82) is 0 Å². The molecule has 2 N–H and O–H groups in total. The van der Waals surface area contributed by atoms with Crippen LogP contribution in [0.3, 0.4) is 0 Å². The summed E-state index contributed by atoms with van der Waals surface area (Å²) >= 11 is 0. The van der Waals surface area contributed by atoms with Crippen molar-refractivity contribution in [3.05, 3.63) is 94.6 Å². The molecule has 0 saturated heterocycles. The van der Waals surface area contributed by atoms with E-state index in [0.29, 0.717) is 52.3 Å². The van der Waals surface area contributed by atoms with Crippen molar-refractivity contribution in [2.45, 2.75) is 39.7 Å². The molecule has 4 rings (SSSR count). The lowest BCUT2D eigenvalue weighted by Crippen LogP contribution is -2.32. The largest absolute Gasteiger partial charge is 0.496 e. The molecule has 0 fully saturated rings. The van der Waals surface area contributed by atoms with Crippen molar-refractivity contribution < 1.29 is 29.0 Å². The maximum atomic E-state index is 13.9. The van der Waals surface area contributed by atoms with Gasteiger partial charge < -0.3 is 19.9 Å². The second kappa shape index (κ2) is 11.6. The van der Waals surface area contributed by atoms with Crippen LogP contribution in [0.4, 0.5) is 21.9 Å². The number of anilines is 3. The number of aliphatic carboxylic acids is 1. The number of para-hydroxylation sites is 2. The van der Waals surface area contributed by atoms with Crippen molar-refractivity contribution in [3.8, 4) is 5.75 Å². The Morgan fingerprint density at radius 1 is 1.05 bits per heavy atom. The zero-order valence-electron chi connectivity index (χ0n) is 21.6. The van der Waals surface area contributed by atoms with E-state index in [1.807, 2.05) is 80.6 Å². The lowest BCUT2D eigenvalue weighted by Gasteiger charge is -2.26. The first-order valence-corrected chi connectivity index (χ1v) is 12.3. The minimum absolute atomic E-state index is 0.0156. The number of benzene rings is 3. The molecule has 1 heterocycles. The molecule has 0 atom stereocenters. The summed E-state index contributed by atoms with van der Waals surface area (Å²) in [5, 5.41) is 12.0. The van der Waals surface area contributed by atoms with Gasteiger partial charge in [-0.3, -0.25) is 9.69 Å². The number of methoxy groups -OCH3 is 1. The fraction of sp³-hybridized carbons (Fsp3) is 0.233. The number of ether oxygens (including phenoxy) is 2. The molecule has 3 aromatic carbocycles. The summed E-state index contributed by atoms with van der Waals surface area (Å²) < 4.78 is 11.1. The van der Waals surface area contributed by atoms with Crippen molar-refractivity contribution in [2.24, 2.45) is 0 Å². The molecule has 0 aliphatic carbocycles. The molecule has 0 bridgehead atoms. The third-order valence-corrected chi connectivity index (χ3v) is 6.53. The van der Waals surface area contributed by atoms with E-state index < -0.39 is 18.0 Å². The first-order chi connectivity index (χ1) is 18.3. The van der Waals surface area contributed by atoms with Gasteiger partial charge in [-0.1, -0.05) is 48.0 Å². The van der Waals surface area contributed by atoms with Gasteiger partial charge in [0.2, 0.25) is 0 Å². The van der Waals surface area contributed by atoms with Gasteiger partial charge >= 0.3 is 18.0 Å². The molecule has 0 radical (unpaired) electrons. The van der Waals surface area contributed by atoms with Crippen LogP contribution in [0.25, 0.3) is 0 Å². The summed E-state index contributed by atoms with van der Waals surface area (Å²) in [6.45, 7) is 3.80. The highest BCUT2D eigenvalue weighted by Crippen LogP contribution is 2.42. The molecule has 0 unspecified atom stereocenters. The summed E-state index contributed by atoms with van der Waals surface area (Å²) in [5.74, 6) is -0.841. The van der Waals surface area contributed by atoms with Crippen molar-refractivity contribution in [3.63, 3.8) is 0 Å². The van der Waals surface area contributed by atoms with Crippen molar-refractivity contribution >= 4 is 35.0 Å². The monoisotopic (exact) mass is 514 g/mol. The van der Waals surface area contributed by atoms with Gasteiger partial charge in [-0.05, 0) is 56.5 Å². The standard InChI is InChI=1S/C30H30N2O6/c1-19(15-17-25(33)34)14-16-23-27(26-24(18-38-29(26)35)20(2)28(23)37-3)31-30(36)32(21-10-6-4-7-11-21)22-12-8-5-9-13-22/h4-14H,15-18H2,1-3H3,(H,31,36)(H,33,34). The topological polar surface area (TPSA) is 105 Å². The zero-order chi connectivity index (χ0) is 27.2. The average molecular weight is 515 g/mol. The molecule has 1 aliphatic heterocycles.